The van der Waals surface area contributed by atoms with Gasteiger partial charge in [0, 0.05) is 26.3 Å². The molecule has 116 valence electrons. The van der Waals surface area contributed by atoms with Crippen LogP contribution in [0.15, 0.2) is 30.6 Å². The summed E-state index contributed by atoms with van der Waals surface area (Å²) in [5.74, 6) is 1.90. The van der Waals surface area contributed by atoms with Crippen molar-refractivity contribution in [3.63, 3.8) is 0 Å². The summed E-state index contributed by atoms with van der Waals surface area (Å²) in [7, 11) is 3.39. The summed E-state index contributed by atoms with van der Waals surface area (Å²) in [5, 5.41) is 0. The third-order valence-corrected chi connectivity index (χ3v) is 4.04. The molecule has 1 aromatic heterocycles. The summed E-state index contributed by atoms with van der Waals surface area (Å²) < 4.78 is 10.5. The molecule has 0 atom stereocenters. The van der Waals surface area contributed by atoms with E-state index in [0.29, 0.717) is 6.61 Å². The Hall–Kier alpha value is -2.14. The lowest BCUT2D eigenvalue weighted by molar-refractivity contribution is 0.181. The number of aromatic nitrogens is 2. The SMILES string of the molecule is COCc1cc(N2CCc3ccc(OC)cc3CC2)ncn1. The van der Waals surface area contributed by atoms with Crippen molar-refractivity contribution < 1.29 is 9.47 Å². The molecule has 0 spiro atoms. The first-order valence-corrected chi connectivity index (χ1v) is 7.51. The number of fused-ring (bicyclic) bond motifs is 1. The van der Waals surface area contributed by atoms with Crippen LogP contribution in [0.5, 0.6) is 5.75 Å². The van der Waals surface area contributed by atoms with Crippen LogP contribution < -0.4 is 9.64 Å². The van der Waals surface area contributed by atoms with Crippen molar-refractivity contribution in [3.8, 4) is 5.75 Å². The third kappa shape index (κ3) is 3.20. The number of benzene rings is 1. The summed E-state index contributed by atoms with van der Waals surface area (Å²) in [6, 6.07) is 8.37. The lowest BCUT2D eigenvalue weighted by Gasteiger charge is -2.21. The first-order valence-electron chi connectivity index (χ1n) is 7.51. The van der Waals surface area contributed by atoms with Gasteiger partial charge in [0.2, 0.25) is 0 Å². The smallest absolute Gasteiger partial charge is 0.132 e. The average Bonchev–Trinajstić information content (AvgIpc) is 2.77. The summed E-state index contributed by atoms with van der Waals surface area (Å²) in [6.45, 7) is 2.42. The normalized spacial score (nSPS) is 14.4. The van der Waals surface area contributed by atoms with E-state index in [0.717, 1.165) is 43.2 Å². The Labute approximate surface area is 130 Å². The maximum Gasteiger partial charge on any atom is 0.132 e. The van der Waals surface area contributed by atoms with Crippen molar-refractivity contribution in [2.75, 3.05) is 32.2 Å². The van der Waals surface area contributed by atoms with E-state index >= 15 is 0 Å². The zero-order valence-electron chi connectivity index (χ0n) is 13.1. The van der Waals surface area contributed by atoms with Crippen LogP contribution in [0, 0.1) is 0 Å². The Morgan fingerprint density at radius 1 is 1.05 bits per heavy atom. The Bertz CT molecular complexity index is 646. The van der Waals surface area contributed by atoms with Gasteiger partial charge in [-0.1, -0.05) is 6.07 Å². The standard InChI is InChI=1S/C17H21N3O2/c1-21-11-15-10-17(19-12-18-15)20-7-5-13-3-4-16(22-2)9-14(13)6-8-20/h3-4,9-10,12H,5-8,11H2,1-2H3. The second-order valence-corrected chi connectivity index (χ2v) is 5.42. The first-order chi connectivity index (χ1) is 10.8. The summed E-state index contributed by atoms with van der Waals surface area (Å²) in [6.07, 6.45) is 3.63. The number of anilines is 1. The average molecular weight is 299 g/mol. The van der Waals surface area contributed by atoms with E-state index in [9.17, 15) is 0 Å². The van der Waals surface area contributed by atoms with E-state index in [1.807, 2.05) is 12.1 Å². The summed E-state index contributed by atoms with van der Waals surface area (Å²) >= 11 is 0. The number of ether oxygens (including phenoxy) is 2. The summed E-state index contributed by atoms with van der Waals surface area (Å²) in [4.78, 5) is 11.0. The van der Waals surface area contributed by atoms with Gasteiger partial charge in [-0.05, 0) is 36.1 Å². The third-order valence-electron chi connectivity index (χ3n) is 4.04. The van der Waals surface area contributed by atoms with Gasteiger partial charge >= 0.3 is 0 Å². The van der Waals surface area contributed by atoms with Crippen molar-refractivity contribution in [2.24, 2.45) is 0 Å². The molecule has 2 aromatic rings. The molecule has 0 bridgehead atoms. The molecule has 0 aliphatic carbocycles. The molecule has 0 unspecified atom stereocenters. The monoisotopic (exact) mass is 299 g/mol. The van der Waals surface area contributed by atoms with Gasteiger partial charge in [-0.3, -0.25) is 0 Å². The van der Waals surface area contributed by atoms with Crippen molar-refractivity contribution in [1.29, 1.82) is 0 Å². The highest BCUT2D eigenvalue weighted by molar-refractivity contribution is 5.43. The molecule has 0 amide bonds. The lowest BCUT2D eigenvalue weighted by Crippen LogP contribution is -2.27. The molecule has 5 nitrogen and oxygen atoms in total. The van der Waals surface area contributed by atoms with Crippen LogP contribution in [0.4, 0.5) is 5.82 Å². The first kappa shape index (κ1) is 14.8. The minimum atomic E-state index is 0.515. The number of methoxy groups -OCH3 is 2. The van der Waals surface area contributed by atoms with E-state index in [2.05, 4.69) is 27.0 Å². The minimum absolute atomic E-state index is 0.515. The Balaban J connectivity index is 1.77. The predicted molar refractivity (Wildman–Crippen MR) is 85.4 cm³/mol. The fourth-order valence-corrected chi connectivity index (χ4v) is 2.84. The maximum atomic E-state index is 5.33. The van der Waals surface area contributed by atoms with E-state index in [1.165, 1.54) is 11.1 Å². The maximum absolute atomic E-state index is 5.33. The van der Waals surface area contributed by atoms with Crippen molar-refractivity contribution in [3.05, 3.63) is 47.4 Å². The molecular weight excluding hydrogens is 278 g/mol. The molecular formula is C17H21N3O2. The second-order valence-electron chi connectivity index (χ2n) is 5.42. The quantitative estimate of drug-likeness (QED) is 0.866. The number of nitrogens with zero attached hydrogens (tertiary/aromatic N) is 3. The van der Waals surface area contributed by atoms with Crippen molar-refractivity contribution in [1.82, 2.24) is 9.97 Å². The van der Waals surface area contributed by atoms with Gasteiger partial charge in [0.25, 0.3) is 0 Å². The van der Waals surface area contributed by atoms with Crippen LogP contribution >= 0.6 is 0 Å². The van der Waals surface area contributed by atoms with Gasteiger partial charge in [-0.2, -0.15) is 0 Å². The highest BCUT2D eigenvalue weighted by atomic mass is 16.5. The van der Waals surface area contributed by atoms with Gasteiger partial charge in [0.1, 0.15) is 17.9 Å². The molecule has 0 fully saturated rings. The molecule has 1 aromatic carbocycles. The number of rotatable bonds is 4. The topological polar surface area (TPSA) is 47.5 Å². The second kappa shape index (κ2) is 6.75. The van der Waals surface area contributed by atoms with Crippen LogP contribution in [-0.2, 0) is 24.2 Å². The lowest BCUT2D eigenvalue weighted by atomic mass is 10.0. The van der Waals surface area contributed by atoms with Gasteiger partial charge in [0.05, 0.1) is 19.4 Å². The molecule has 1 aliphatic heterocycles. The largest absolute Gasteiger partial charge is 0.497 e. The molecule has 0 saturated heterocycles. The minimum Gasteiger partial charge on any atom is -0.497 e. The highest BCUT2D eigenvalue weighted by Crippen LogP contribution is 2.23. The van der Waals surface area contributed by atoms with Crippen LogP contribution in [0.1, 0.15) is 16.8 Å². The molecule has 1 aliphatic rings. The predicted octanol–water partition coefficient (Wildman–Crippen LogP) is 2.24. The number of hydrogen-bond acceptors (Lipinski definition) is 5. The van der Waals surface area contributed by atoms with Gasteiger partial charge in [0.15, 0.2) is 0 Å². The molecule has 3 rings (SSSR count). The van der Waals surface area contributed by atoms with E-state index in [-0.39, 0.29) is 0 Å². The van der Waals surface area contributed by atoms with Crippen LogP contribution in [0.3, 0.4) is 0 Å². The Kier molecular flexibility index (Phi) is 4.53. The zero-order chi connectivity index (χ0) is 15.4. The van der Waals surface area contributed by atoms with Gasteiger partial charge < -0.3 is 14.4 Å². The van der Waals surface area contributed by atoms with Crippen LogP contribution in [0.2, 0.25) is 0 Å². The van der Waals surface area contributed by atoms with Gasteiger partial charge in [-0.25, -0.2) is 9.97 Å². The van der Waals surface area contributed by atoms with Crippen LogP contribution in [0.25, 0.3) is 0 Å². The van der Waals surface area contributed by atoms with E-state index < -0.39 is 0 Å². The molecule has 0 radical (unpaired) electrons. The van der Waals surface area contributed by atoms with E-state index in [1.54, 1.807) is 20.5 Å². The van der Waals surface area contributed by atoms with Crippen molar-refractivity contribution in [2.45, 2.75) is 19.4 Å². The molecule has 2 heterocycles. The van der Waals surface area contributed by atoms with Crippen molar-refractivity contribution >= 4 is 5.82 Å². The molecule has 0 saturated carbocycles. The molecule has 22 heavy (non-hydrogen) atoms. The zero-order valence-corrected chi connectivity index (χ0v) is 13.1. The summed E-state index contributed by atoms with van der Waals surface area (Å²) in [5.41, 5.74) is 3.68. The Morgan fingerprint density at radius 3 is 2.64 bits per heavy atom. The van der Waals surface area contributed by atoms with Crippen LogP contribution in [-0.4, -0.2) is 37.3 Å². The highest BCUT2D eigenvalue weighted by Gasteiger charge is 2.16. The number of hydrogen-bond donors (Lipinski definition) is 0. The van der Waals surface area contributed by atoms with Gasteiger partial charge in [-0.15, -0.1) is 0 Å². The molecule has 0 N–H and O–H groups in total. The fourth-order valence-electron chi connectivity index (χ4n) is 2.84. The Morgan fingerprint density at radius 2 is 1.86 bits per heavy atom. The van der Waals surface area contributed by atoms with E-state index in [4.69, 9.17) is 9.47 Å². The molecule has 5 heteroatoms. The fraction of sp³-hybridized carbons (Fsp3) is 0.412.